The Bertz CT molecular complexity index is 983. The molecule has 29 heavy (non-hydrogen) atoms. The first-order chi connectivity index (χ1) is 13.7. The highest BCUT2D eigenvalue weighted by Gasteiger charge is 2.36. The normalized spacial score (nSPS) is 16.7. The first-order valence-electron chi connectivity index (χ1n) is 8.88. The number of carbonyl (C=O) groups is 1. The molecule has 0 atom stereocenters. The van der Waals surface area contributed by atoms with Crippen molar-refractivity contribution in [1.82, 2.24) is 9.21 Å². The summed E-state index contributed by atoms with van der Waals surface area (Å²) in [6, 6.07) is 15.0. The lowest BCUT2D eigenvalue weighted by Crippen LogP contribution is -2.50. The number of allylic oxidation sites excluding steroid dienone is 1. The molecule has 2 aromatic carbocycles. The van der Waals surface area contributed by atoms with Crippen molar-refractivity contribution in [3.63, 3.8) is 0 Å². The van der Waals surface area contributed by atoms with Crippen molar-refractivity contribution in [2.75, 3.05) is 26.2 Å². The molecule has 0 bridgehead atoms. The molecule has 1 fully saturated rings. The van der Waals surface area contributed by atoms with Gasteiger partial charge in [-0.25, -0.2) is 8.42 Å². The Balaban J connectivity index is 1.73. The Morgan fingerprint density at radius 3 is 1.90 bits per heavy atom. The van der Waals surface area contributed by atoms with Crippen LogP contribution in [0.3, 0.4) is 0 Å². The molecule has 1 heterocycles. The van der Waals surface area contributed by atoms with Gasteiger partial charge in [-0.15, -0.1) is 0 Å². The highest BCUT2D eigenvalue weighted by molar-refractivity contribution is 7.89. The monoisotopic (exact) mass is 424 g/mol. The third-order valence-corrected chi connectivity index (χ3v) is 6.50. The zero-order chi connectivity index (χ0) is 21.1. The van der Waals surface area contributed by atoms with Crippen LogP contribution >= 0.6 is 0 Å². The molecule has 0 unspecified atom stereocenters. The number of hydrogen-bond donors (Lipinski definition) is 0. The van der Waals surface area contributed by atoms with Crippen molar-refractivity contribution >= 4 is 21.5 Å². The van der Waals surface area contributed by atoms with E-state index in [-0.39, 0.29) is 36.6 Å². The van der Waals surface area contributed by atoms with Crippen LogP contribution < -0.4 is 0 Å². The van der Waals surface area contributed by atoms with Crippen LogP contribution in [-0.4, -0.2) is 55.9 Å². The van der Waals surface area contributed by atoms with Gasteiger partial charge in [0.15, 0.2) is 0 Å². The van der Waals surface area contributed by atoms with Crippen molar-refractivity contribution in [1.29, 1.82) is 0 Å². The summed E-state index contributed by atoms with van der Waals surface area (Å²) in [5.74, 6) is -0.794. The molecule has 0 saturated carbocycles. The maximum absolute atomic E-state index is 13.4. The van der Waals surface area contributed by atoms with Crippen LogP contribution in [0.15, 0.2) is 71.6 Å². The number of amides is 1. The predicted molar refractivity (Wildman–Crippen MR) is 102 cm³/mol. The van der Waals surface area contributed by atoms with Crippen LogP contribution in [0.5, 0.6) is 0 Å². The summed E-state index contributed by atoms with van der Waals surface area (Å²) in [6.45, 7) is 0.0651. The minimum Gasteiger partial charge on any atom is -0.337 e. The van der Waals surface area contributed by atoms with E-state index in [2.05, 4.69) is 0 Å². The second kappa shape index (κ2) is 8.38. The minimum absolute atomic E-state index is 0.0152. The van der Waals surface area contributed by atoms with Crippen molar-refractivity contribution in [3.05, 3.63) is 72.3 Å². The van der Waals surface area contributed by atoms with Crippen LogP contribution in [0, 0.1) is 0 Å². The fourth-order valence-electron chi connectivity index (χ4n) is 3.05. The Morgan fingerprint density at radius 1 is 0.862 bits per heavy atom. The summed E-state index contributed by atoms with van der Waals surface area (Å²) >= 11 is 0. The quantitative estimate of drug-likeness (QED) is 0.709. The maximum atomic E-state index is 13.4. The molecule has 1 aliphatic heterocycles. The molecule has 5 nitrogen and oxygen atoms in total. The number of benzene rings is 2. The zero-order valence-electron chi connectivity index (χ0n) is 15.3. The molecule has 0 radical (unpaired) electrons. The number of halogens is 3. The molecule has 0 spiro atoms. The molecule has 9 heteroatoms. The Kier molecular flexibility index (Phi) is 6.09. The maximum Gasteiger partial charge on any atom is 0.417 e. The zero-order valence-corrected chi connectivity index (χ0v) is 16.2. The Hall–Kier alpha value is -2.65. The van der Waals surface area contributed by atoms with Gasteiger partial charge in [0.05, 0.1) is 10.5 Å². The largest absolute Gasteiger partial charge is 0.417 e. The fraction of sp³-hybridized carbons (Fsp3) is 0.250. The van der Waals surface area contributed by atoms with E-state index in [9.17, 15) is 26.4 Å². The molecule has 0 aromatic heterocycles. The summed E-state index contributed by atoms with van der Waals surface area (Å²) < 4.78 is 66.7. The summed E-state index contributed by atoms with van der Waals surface area (Å²) in [6.07, 6.45) is -4.10. The lowest BCUT2D eigenvalue weighted by molar-refractivity contribution is -0.127. The van der Waals surface area contributed by atoms with Gasteiger partial charge >= 0.3 is 6.18 Å². The minimum atomic E-state index is -4.69. The molecule has 0 aliphatic carbocycles. The lowest BCUT2D eigenvalue weighted by atomic mass is 10.0. The van der Waals surface area contributed by atoms with E-state index in [0.717, 1.165) is 0 Å². The molecule has 1 amide bonds. The van der Waals surface area contributed by atoms with Gasteiger partial charge in [-0.2, -0.15) is 17.5 Å². The lowest BCUT2D eigenvalue weighted by Gasteiger charge is -2.33. The SMILES string of the molecule is O=C(/C=C(\c1ccccc1)C(F)(F)F)N1CCN(S(=O)(=O)c2ccccc2)CC1. The molecule has 3 rings (SSSR count). The number of hydrogen-bond acceptors (Lipinski definition) is 3. The highest BCUT2D eigenvalue weighted by atomic mass is 32.2. The Morgan fingerprint density at radius 2 is 1.38 bits per heavy atom. The first-order valence-corrected chi connectivity index (χ1v) is 10.3. The van der Waals surface area contributed by atoms with Gasteiger partial charge in [0.1, 0.15) is 0 Å². The van der Waals surface area contributed by atoms with Crippen LogP contribution in [0.2, 0.25) is 0 Å². The van der Waals surface area contributed by atoms with Crippen molar-refractivity contribution < 1.29 is 26.4 Å². The number of sulfonamides is 1. The standard InChI is InChI=1S/C20H19F3N2O3S/c21-20(22,23)18(16-7-3-1-4-8-16)15-19(26)24-11-13-25(14-12-24)29(27,28)17-9-5-2-6-10-17/h1-10,15H,11-14H2/b18-15+. The number of carbonyl (C=O) groups excluding carboxylic acids is 1. The number of nitrogens with zero attached hydrogens (tertiary/aromatic N) is 2. The molecule has 2 aromatic rings. The first kappa shape index (κ1) is 21.1. The van der Waals surface area contributed by atoms with Crippen LogP contribution in [0.1, 0.15) is 5.56 Å². The van der Waals surface area contributed by atoms with E-state index >= 15 is 0 Å². The van der Waals surface area contributed by atoms with Crippen molar-refractivity contribution in [3.8, 4) is 0 Å². The molecule has 0 N–H and O–H groups in total. The molecule has 1 saturated heterocycles. The molecule has 154 valence electrons. The van der Waals surface area contributed by atoms with E-state index in [1.807, 2.05) is 0 Å². The van der Waals surface area contributed by atoms with E-state index in [1.165, 1.54) is 45.6 Å². The summed E-state index contributed by atoms with van der Waals surface area (Å²) in [4.78, 5) is 13.8. The molecular weight excluding hydrogens is 405 g/mol. The fourth-order valence-corrected chi connectivity index (χ4v) is 4.49. The number of piperazine rings is 1. The average Bonchev–Trinajstić information content (AvgIpc) is 2.72. The van der Waals surface area contributed by atoms with Crippen LogP contribution in [0.4, 0.5) is 13.2 Å². The van der Waals surface area contributed by atoms with Crippen molar-refractivity contribution in [2.24, 2.45) is 0 Å². The van der Waals surface area contributed by atoms with E-state index < -0.39 is 27.7 Å². The summed E-state index contributed by atoms with van der Waals surface area (Å²) in [5, 5.41) is 0. The second-order valence-corrected chi connectivity index (χ2v) is 8.40. The second-order valence-electron chi connectivity index (χ2n) is 6.46. The van der Waals surface area contributed by atoms with Crippen molar-refractivity contribution in [2.45, 2.75) is 11.1 Å². The molecular formula is C20H19F3N2O3S. The topological polar surface area (TPSA) is 57.7 Å². The van der Waals surface area contributed by atoms with E-state index in [1.54, 1.807) is 24.3 Å². The predicted octanol–water partition coefficient (Wildman–Crippen LogP) is 3.17. The van der Waals surface area contributed by atoms with Gasteiger partial charge in [0.25, 0.3) is 0 Å². The third kappa shape index (κ3) is 4.86. The smallest absolute Gasteiger partial charge is 0.337 e. The van der Waals surface area contributed by atoms with Gasteiger partial charge in [0, 0.05) is 32.3 Å². The van der Waals surface area contributed by atoms with Gasteiger partial charge in [0.2, 0.25) is 15.9 Å². The average molecular weight is 424 g/mol. The van der Waals surface area contributed by atoms with Gasteiger partial charge in [-0.1, -0.05) is 48.5 Å². The Labute approximate surface area is 167 Å². The summed E-state index contributed by atoms with van der Waals surface area (Å²) in [5.41, 5.74) is -1.12. The van der Waals surface area contributed by atoms with Gasteiger partial charge in [-0.05, 0) is 17.7 Å². The van der Waals surface area contributed by atoms with E-state index in [4.69, 9.17) is 0 Å². The van der Waals surface area contributed by atoms with Crippen LogP contribution in [0.25, 0.3) is 5.57 Å². The van der Waals surface area contributed by atoms with Gasteiger partial charge < -0.3 is 4.90 Å². The summed E-state index contributed by atoms with van der Waals surface area (Å²) in [7, 11) is -3.70. The highest BCUT2D eigenvalue weighted by Crippen LogP contribution is 2.33. The number of rotatable bonds is 4. The third-order valence-electron chi connectivity index (χ3n) is 4.59. The molecule has 1 aliphatic rings. The van der Waals surface area contributed by atoms with Crippen LogP contribution in [-0.2, 0) is 14.8 Å². The van der Waals surface area contributed by atoms with E-state index in [0.29, 0.717) is 6.08 Å². The number of alkyl halides is 3. The van der Waals surface area contributed by atoms with Gasteiger partial charge in [-0.3, -0.25) is 4.79 Å².